The summed E-state index contributed by atoms with van der Waals surface area (Å²) in [7, 11) is 0. The molecule has 5 heteroatoms. The standard InChI is InChI=1S/C23H27N5/c1-5-17-12-16(4)25-23(13-17)21-9-8-20(27-28-21)18-6-7-19(26-18)22-11-14(2)10-15(3)24-22/h6-7,10-13,20,26-27H,5,8-9H2,1-4H3. The predicted molar refractivity (Wildman–Crippen MR) is 113 cm³/mol. The van der Waals surface area contributed by atoms with E-state index in [-0.39, 0.29) is 6.04 Å². The fourth-order valence-electron chi connectivity index (χ4n) is 3.80. The summed E-state index contributed by atoms with van der Waals surface area (Å²) >= 11 is 0. The van der Waals surface area contributed by atoms with Crippen molar-refractivity contribution in [1.29, 1.82) is 0 Å². The zero-order valence-electron chi connectivity index (χ0n) is 17.0. The summed E-state index contributed by atoms with van der Waals surface area (Å²) in [6.45, 7) is 8.35. The van der Waals surface area contributed by atoms with Crippen LogP contribution in [0.2, 0.25) is 0 Å². The number of pyridine rings is 2. The van der Waals surface area contributed by atoms with Crippen LogP contribution < -0.4 is 5.43 Å². The highest BCUT2D eigenvalue weighted by molar-refractivity contribution is 5.99. The monoisotopic (exact) mass is 373 g/mol. The van der Waals surface area contributed by atoms with Gasteiger partial charge in [-0.3, -0.25) is 9.97 Å². The highest BCUT2D eigenvalue weighted by Gasteiger charge is 2.20. The molecule has 3 aromatic rings. The van der Waals surface area contributed by atoms with E-state index in [1.165, 1.54) is 11.1 Å². The summed E-state index contributed by atoms with van der Waals surface area (Å²) in [6.07, 6.45) is 2.90. The second-order valence-corrected chi connectivity index (χ2v) is 7.63. The Morgan fingerprint density at radius 2 is 1.75 bits per heavy atom. The Morgan fingerprint density at radius 3 is 2.46 bits per heavy atom. The molecule has 5 nitrogen and oxygen atoms in total. The summed E-state index contributed by atoms with van der Waals surface area (Å²) in [6, 6.07) is 12.9. The normalized spacial score (nSPS) is 16.6. The summed E-state index contributed by atoms with van der Waals surface area (Å²) in [5.74, 6) is 0. The first-order valence-electron chi connectivity index (χ1n) is 9.96. The van der Waals surface area contributed by atoms with Gasteiger partial charge in [0.1, 0.15) is 0 Å². The van der Waals surface area contributed by atoms with E-state index >= 15 is 0 Å². The van der Waals surface area contributed by atoms with Gasteiger partial charge in [0.2, 0.25) is 0 Å². The van der Waals surface area contributed by atoms with Crippen LogP contribution in [0.3, 0.4) is 0 Å². The number of aryl methyl sites for hydroxylation is 4. The second-order valence-electron chi connectivity index (χ2n) is 7.63. The van der Waals surface area contributed by atoms with Gasteiger partial charge in [0.15, 0.2) is 0 Å². The van der Waals surface area contributed by atoms with Crippen LogP contribution in [-0.4, -0.2) is 20.7 Å². The molecule has 1 aliphatic heterocycles. The number of hydrogen-bond donors (Lipinski definition) is 2. The second kappa shape index (κ2) is 7.58. The number of aromatic nitrogens is 3. The Morgan fingerprint density at radius 1 is 0.964 bits per heavy atom. The third-order valence-electron chi connectivity index (χ3n) is 5.20. The Balaban J connectivity index is 1.52. The van der Waals surface area contributed by atoms with Crippen LogP contribution in [-0.2, 0) is 6.42 Å². The summed E-state index contributed by atoms with van der Waals surface area (Å²) in [5.41, 5.74) is 13.2. The number of hydrogen-bond acceptors (Lipinski definition) is 4. The van der Waals surface area contributed by atoms with Crippen LogP contribution in [0.25, 0.3) is 11.4 Å². The van der Waals surface area contributed by atoms with Crippen molar-refractivity contribution in [3.05, 3.63) is 70.3 Å². The number of hydrazone groups is 1. The minimum absolute atomic E-state index is 0.180. The van der Waals surface area contributed by atoms with E-state index in [4.69, 9.17) is 0 Å². The van der Waals surface area contributed by atoms with Gasteiger partial charge in [0, 0.05) is 17.1 Å². The lowest BCUT2D eigenvalue weighted by molar-refractivity contribution is 0.495. The summed E-state index contributed by atoms with van der Waals surface area (Å²) in [4.78, 5) is 12.9. The molecular weight excluding hydrogens is 346 g/mol. The molecule has 3 aromatic heterocycles. The Kier molecular flexibility index (Phi) is 4.99. The maximum Gasteiger partial charge on any atom is 0.0870 e. The Labute approximate surface area is 166 Å². The fourth-order valence-corrected chi connectivity index (χ4v) is 3.80. The van der Waals surface area contributed by atoms with Gasteiger partial charge in [-0.2, -0.15) is 5.10 Å². The van der Waals surface area contributed by atoms with E-state index in [2.05, 4.69) is 75.7 Å². The lowest BCUT2D eigenvalue weighted by Crippen LogP contribution is -2.25. The quantitative estimate of drug-likeness (QED) is 0.691. The molecule has 0 amide bonds. The molecule has 0 saturated carbocycles. The van der Waals surface area contributed by atoms with Gasteiger partial charge < -0.3 is 10.4 Å². The lowest BCUT2D eigenvalue weighted by atomic mass is 10.0. The van der Waals surface area contributed by atoms with Gasteiger partial charge in [-0.25, -0.2) is 0 Å². The molecule has 1 unspecified atom stereocenters. The van der Waals surface area contributed by atoms with Crippen molar-refractivity contribution in [3.8, 4) is 11.4 Å². The average molecular weight is 374 g/mol. The zero-order valence-corrected chi connectivity index (χ0v) is 17.0. The molecule has 0 aromatic carbocycles. The smallest absolute Gasteiger partial charge is 0.0870 e. The van der Waals surface area contributed by atoms with Crippen LogP contribution in [0.15, 0.2) is 41.5 Å². The fraction of sp³-hybridized carbons (Fsp3) is 0.348. The Bertz CT molecular complexity index is 1010. The molecule has 1 atom stereocenters. The molecule has 2 N–H and O–H groups in total. The van der Waals surface area contributed by atoms with E-state index in [9.17, 15) is 0 Å². The lowest BCUT2D eigenvalue weighted by Gasteiger charge is -2.22. The molecule has 4 heterocycles. The first kappa shape index (κ1) is 18.4. The van der Waals surface area contributed by atoms with Crippen LogP contribution in [0, 0.1) is 20.8 Å². The summed E-state index contributed by atoms with van der Waals surface area (Å²) < 4.78 is 0. The SMILES string of the molecule is CCc1cc(C)nc(C2=NNC(c3ccc(-c4cc(C)cc(C)n4)[nH]3)CC2)c1. The number of aromatic amines is 1. The van der Waals surface area contributed by atoms with Crippen molar-refractivity contribution in [2.75, 3.05) is 0 Å². The largest absolute Gasteiger partial charge is 0.355 e. The van der Waals surface area contributed by atoms with Gasteiger partial charge in [-0.15, -0.1) is 0 Å². The topological polar surface area (TPSA) is 66.0 Å². The Hall–Kier alpha value is -2.95. The van der Waals surface area contributed by atoms with Crippen molar-refractivity contribution >= 4 is 5.71 Å². The molecule has 0 radical (unpaired) electrons. The highest BCUT2D eigenvalue weighted by Crippen LogP contribution is 2.26. The molecule has 4 rings (SSSR count). The van der Waals surface area contributed by atoms with E-state index in [1.807, 2.05) is 13.8 Å². The third kappa shape index (κ3) is 3.84. The van der Waals surface area contributed by atoms with Gasteiger partial charge in [-0.05, 0) is 87.6 Å². The minimum Gasteiger partial charge on any atom is -0.355 e. The summed E-state index contributed by atoms with van der Waals surface area (Å²) in [5, 5.41) is 4.65. The average Bonchev–Trinajstić information content (AvgIpc) is 3.17. The molecule has 144 valence electrons. The van der Waals surface area contributed by atoms with E-state index < -0.39 is 0 Å². The van der Waals surface area contributed by atoms with Crippen LogP contribution in [0.5, 0.6) is 0 Å². The van der Waals surface area contributed by atoms with Gasteiger partial charge in [0.25, 0.3) is 0 Å². The maximum atomic E-state index is 4.68. The number of rotatable bonds is 4. The van der Waals surface area contributed by atoms with Crippen LogP contribution >= 0.6 is 0 Å². The van der Waals surface area contributed by atoms with E-state index in [0.717, 1.165) is 59.1 Å². The van der Waals surface area contributed by atoms with Crippen LogP contribution in [0.4, 0.5) is 0 Å². The van der Waals surface area contributed by atoms with Crippen LogP contribution in [0.1, 0.15) is 59.7 Å². The molecule has 0 aliphatic carbocycles. The van der Waals surface area contributed by atoms with Crippen molar-refractivity contribution < 1.29 is 0 Å². The molecular formula is C23H27N5. The van der Waals surface area contributed by atoms with E-state index in [0.29, 0.717) is 0 Å². The number of H-pyrrole nitrogens is 1. The van der Waals surface area contributed by atoms with Gasteiger partial charge in [0.05, 0.1) is 28.8 Å². The van der Waals surface area contributed by atoms with Crippen molar-refractivity contribution in [2.45, 2.75) is 53.0 Å². The van der Waals surface area contributed by atoms with E-state index in [1.54, 1.807) is 0 Å². The maximum absolute atomic E-state index is 4.68. The minimum atomic E-state index is 0.180. The predicted octanol–water partition coefficient (Wildman–Crippen LogP) is 4.79. The van der Waals surface area contributed by atoms with Gasteiger partial charge in [-0.1, -0.05) is 6.92 Å². The zero-order chi connectivity index (χ0) is 19.7. The molecule has 1 aliphatic rings. The first-order valence-corrected chi connectivity index (χ1v) is 9.96. The molecule has 28 heavy (non-hydrogen) atoms. The molecule has 0 spiro atoms. The number of nitrogens with zero attached hydrogens (tertiary/aromatic N) is 3. The third-order valence-corrected chi connectivity index (χ3v) is 5.20. The highest BCUT2D eigenvalue weighted by atomic mass is 15.3. The van der Waals surface area contributed by atoms with Crippen molar-refractivity contribution in [1.82, 2.24) is 20.4 Å². The number of nitrogens with one attached hydrogen (secondary N) is 2. The molecule has 0 saturated heterocycles. The molecule has 0 bridgehead atoms. The first-order chi connectivity index (χ1) is 13.5. The van der Waals surface area contributed by atoms with Crippen molar-refractivity contribution in [3.63, 3.8) is 0 Å². The van der Waals surface area contributed by atoms with Crippen molar-refractivity contribution in [2.24, 2.45) is 5.10 Å². The molecule has 0 fully saturated rings. The van der Waals surface area contributed by atoms with Gasteiger partial charge >= 0.3 is 0 Å².